The maximum absolute atomic E-state index is 5.87. The molecule has 1 saturated carbocycles. The maximum Gasteiger partial charge on any atom is 0.0631 e. The standard InChI is InChI=1S/C16H27N3O/c1-12(2)19-8-6-15(18-19)10-16(7-9-20-13(16)3)11-17-14-4-5-14/h6,8,12-14,17H,4-5,7,9-11H2,1-3H3. The molecule has 0 spiro atoms. The number of hydrogen-bond acceptors (Lipinski definition) is 3. The van der Waals surface area contributed by atoms with Crippen LogP contribution in [0.4, 0.5) is 0 Å². The minimum absolute atomic E-state index is 0.221. The molecule has 0 amide bonds. The summed E-state index contributed by atoms with van der Waals surface area (Å²) in [6, 6.07) is 3.36. The number of ether oxygens (including phenoxy) is 1. The van der Waals surface area contributed by atoms with E-state index in [1.807, 2.05) is 0 Å². The maximum atomic E-state index is 5.87. The van der Waals surface area contributed by atoms with Gasteiger partial charge in [-0.05, 0) is 46.1 Å². The molecule has 4 nitrogen and oxygen atoms in total. The Morgan fingerprint density at radius 2 is 2.30 bits per heavy atom. The molecular formula is C16H27N3O. The van der Waals surface area contributed by atoms with Gasteiger partial charge in [-0.15, -0.1) is 0 Å². The van der Waals surface area contributed by atoms with Crippen molar-refractivity contribution in [3.05, 3.63) is 18.0 Å². The van der Waals surface area contributed by atoms with Crippen LogP contribution in [0.1, 0.15) is 51.8 Å². The Kier molecular flexibility index (Phi) is 3.87. The highest BCUT2D eigenvalue weighted by molar-refractivity contribution is 5.07. The van der Waals surface area contributed by atoms with Crippen LogP contribution in [0.25, 0.3) is 0 Å². The Hall–Kier alpha value is -0.870. The van der Waals surface area contributed by atoms with Crippen LogP contribution in [0.5, 0.6) is 0 Å². The SMILES string of the molecule is CC(C)n1ccc(CC2(CNC3CC3)CCOC2C)n1. The molecule has 1 saturated heterocycles. The molecule has 1 aliphatic heterocycles. The average Bonchev–Trinajstić information content (AvgIpc) is 3.02. The third-order valence-electron chi connectivity index (χ3n) is 4.88. The Labute approximate surface area is 121 Å². The van der Waals surface area contributed by atoms with Crippen molar-refractivity contribution in [2.45, 2.75) is 64.6 Å². The predicted molar refractivity (Wildman–Crippen MR) is 79.8 cm³/mol. The van der Waals surface area contributed by atoms with Gasteiger partial charge in [0.2, 0.25) is 0 Å². The van der Waals surface area contributed by atoms with Gasteiger partial charge in [-0.25, -0.2) is 0 Å². The summed E-state index contributed by atoms with van der Waals surface area (Å²) in [5.41, 5.74) is 1.42. The van der Waals surface area contributed by atoms with Crippen molar-refractivity contribution in [2.75, 3.05) is 13.2 Å². The van der Waals surface area contributed by atoms with Gasteiger partial charge in [-0.3, -0.25) is 4.68 Å². The molecule has 112 valence electrons. The molecule has 2 fully saturated rings. The lowest BCUT2D eigenvalue weighted by Gasteiger charge is -2.32. The third-order valence-corrected chi connectivity index (χ3v) is 4.88. The zero-order valence-electron chi connectivity index (χ0n) is 12.9. The van der Waals surface area contributed by atoms with E-state index in [-0.39, 0.29) is 5.41 Å². The summed E-state index contributed by atoms with van der Waals surface area (Å²) in [4.78, 5) is 0. The largest absolute Gasteiger partial charge is 0.378 e. The fourth-order valence-corrected chi connectivity index (χ4v) is 3.10. The summed E-state index contributed by atoms with van der Waals surface area (Å²) < 4.78 is 7.93. The van der Waals surface area contributed by atoms with Crippen LogP contribution in [0.2, 0.25) is 0 Å². The van der Waals surface area contributed by atoms with E-state index in [0.717, 1.165) is 32.0 Å². The molecule has 1 aromatic rings. The first-order valence-electron chi connectivity index (χ1n) is 7.98. The van der Waals surface area contributed by atoms with Gasteiger partial charge in [0.1, 0.15) is 0 Å². The first-order valence-corrected chi connectivity index (χ1v) is 7.98. The van der Waals surface area contributed by atoms with Gasteiger partial charge in [-0.2, -0.15) is 5.10 Å². The number of rotatable bonds is 6. The molecule has 0 aromatic carbocycles. The zero-order chi connectivity index (χ0) is 14.2. The van der Waals surface area contributed by atoms with Gasteiger partial charge in [0.25, 0.3) is 0 Å². The second-order valence-electron chi connectivity index (χ2n) is 6.84. The van der Waals surface area contributed by atoms with Gasteiger partial charge in [0.15, 0.2) is 0 Å². The third kappa shape index (κ3) is 2.91. The van der Waals surface area contributed by atoms with Crippen molar-refractivity contribution >= 4 is 0 Å². The van der Waals surface area contributed by atoms with E-state index in [1.165, 1.54) is 18.5 Å². The van der Waals surface area contributed by atoms with E-state index in [9.17, 15) is 0 Å². The Morgan fingerprint density at radius 3 is 2.85 bits per heavy atom. The number of hydrogen-bond donors (Lipinski definition) is 1. The van der Waals surface area contributed by atoms with Crippen LogP contribution < -0.4 is 5.32 Å². The lowest BCUT2D eigenvalue weighted by atomic mass is 9.77. The summed E-state index contributed by atoms with van der Waals surface area (Å²) in [6.07, 6.45) is 7.26. The summed E-state index contributed by atoms with van der Waals surface area (Å²) >= 11 is 0. The van der Waals surface area contributed by atoms with E-state index in [1.54, 1.807) is 0 Å². The molecule has 1 aromatic heterocycles. The molecule has 4 heteroatoms. The van der Waals surface area contributed by atoms with Crippen molar-refractivity contribution < 1.29 is 4.74 Å². The number of nitrogens with zero attached hydrogens (tertiary/aromatic N) is 2. The normalized spacial score (nSPS) is 30.3. The van der Waals surface area contributed by atoms with E-state index in [4.69, 9.17) is 9.84 Å². The Bertz CT molecular complexity index is 452. The topological polar surface area (TPSA) is 39.1 Å². The van der Waals surface area contributed by atoms with E-state index < -0.39 is 0 Å². The second-order valence-corrected chi connectivity index (χ2v) is 6.84. The minimum Gasteiger partial charge on any atom is -0.378 e. The second kappa shape index (κ2) is 5.49. The average molecular weight is 277 g/mol. The summed E-state index contributed by atoms with van der Waals surface area (Å²) in [5, 5.41) is 8.43. The smallest absolute Gasteiger partial charge is 0.0631 e. The molecule has 2 unspecified atom stereocenters. The predicted octanol–water partition coefficient (Wildman–Crippen LogP) is 2.55. The van der Waals surface area contributed by atoms with Crippen LogP contribution in [0.3, 0.4) is 0 Å². The van der Waals surface area contributed by atoms with Crippen LogP contribution in [0.15, 0.2) is 12.3 Å². The van der Waals surface area contributed by atoms with Crippen molar-refractivity contribution in [1.82, 2.24) is 15.1 Å². The Morgan fingerprint density at radius 1 is 1.50 bits per heavy atom. The van der Waals surface area contributed by atoms with Crippen LogP contribution >= 0.6 is 0 Å². The van der Waals surface area contributed by atoms with E-state index in [2.05, 4.69) is 43.0 Å². The van der Waals surface area contributed by atoms with Gasteiger partial charge < -0.3 is 10.1 Å². The summed E-state index contributed by atoms with van der Waals surface area (Å²) in [6.45, 7) is 8.51. The summed E-state index contributed by atoms with van der Waals surface area (Å²) in [5.74, 6) is 0. The molecular weight excluding hydrogens is 250 g/mol. The minimum atomic E-state index is 0.221. The van der Waals surface area contributed by atoms with Crippen molar-refractivity contribution in [2.24, 2.45) is 5.41 Å². The molecule has 20 heavy (non-hydrogen) atoms. The van der Waals surface area contributed by atoms with Gasteiger partial charge >= 0.3 is 0 Å². The molecule has 2 aliphatic rings. The summed E-state index contributed by atoms with van der Waals surface area (Å²) in [7, 11) is 0. The quantitative estimate of drug-likeness (QED) is 0.868. The molecule has 3 rings (SSSR count). The highest BCUT2D eigenvalue weighted by atomic mass is 16.5. The first kappa shape index (κ1) is 14.1. The number of nitrogens with one attached hydrogen (secondary N) is 1. The molecule has 0 radical (unpaired) electrons. The zero-order valence-corrected chi connectivity index (χ0v) is 12.9. The first-order chi connectivity index (χ1) is 9.59. The van der Waals surface area contributed by atoms with Gasteiger partial charge in [0.05, 0.1) is 11.8 Å². The fourth-order valence-electron chi connectivity index (χ4n) is 3.10. The van der Waals surface area contributed by atoms with Crippen LogP contribution in [-0.2, 0) is 11.2 Å². The number of aromatic nitrogens is 2. The van der Waals surface area contributed by atoms with E-state index in [0.29, 0.717) is 12.1 Å². The molecule has 2 atom stereocenters. The molecule has 0 bridgehead atoms. The Balaban J connectivity index is 1.71. The highest BCUT2D eigenvalue weighted by Gasteiger charge is 2.42. The van der Waals surface area contributed by atoms with Crippen molar-refractivity contribution in [3.8, 4) is 0 Å². The molecule has 1 N–H and O–H groups in total. The van der Waals surface area contributed by atoms with Gasteiger partial charge in [-0.1, -0.05) is 0 Å². The highest BCUT2D eigenvalue weighted by Crippen LogP contribution is 2.38. The fraction of sp³-hybridized carbons (Fsp3) is 0.812. The monoisotopic (exact) mass is 277 g/mol. The van der Waals surface area contributed by atoms with Crippen molar-refractivity contribution in [1.29, 1.82) is 0 Å². The van der Waals surface area contributed by atoms with Gasteiger partial charge in [0, 0.05) is 43.3 Å². The lowest BCUT2D eigenvalue weighted by molar-refractivity contribution is 0.0622. The molecule has 1 aliphatic carbocycles. The van der Waals surface area contributed by atoms with E-state index >= 15 is 0 Å². The van der Waals surface area contributed by atoms with Crippen LogP contribution in [0, 0.1) is 5.41 Å². The van der Waals surface area contributed by atoms with Crippen LogP contribution in [-0.4, -0.2) is 35.1 Å². The van der Waals surface area contributed by atoms with Crippen molar-refractivity contribution in [3.63, 3.8) is 0 Å². The lowest BCUT2D eigenvalue weighted by Crippen LogP contribution is -2.42. The molecule has 2 heterocycles.